The van der Waals surface area contributed by atoms with Gasteiger partial charge in [0, 0.05) is 18.3 Å². The van der Waals surface area contributed by atoms with Crippen LogP contribution in [0.25, 0.3) is 0 Å². The third-order valence-electron chi connectivity index (χ3n) is 3.89. The molecule has 0 saturated carbocycles. The predicted molar refractivity (Wildman–Crippen MR) is 104 cm³/mol. The molecule has 0 saturated heterocycles. The molecule has 0 spiro atoms. The first-order valence-corrected chi connectivity index (χ1v) is 9.04. The normalized spacial score (nSPS) is 10.7. The highest BCUT2D eigenvalue weighted by molar-refractivity contribution is 5.95. The van der Waals surface area contributed by atoms with Crippen LogP contribution in [0.2, 0.25) is 0 Å². The zero-order valence-corrected chi connectivity index (χ0v) is 16.5. The Balaban J connectivity index is 2.90. The second-order valence-electron chi connectivity index (χ2n) is 6.82. The summed E-state index contributed by atoms with van der Waals surface area (Å²) < 4.78 is 0. The van der Waals surface area contributed by atoms with Crippen molar-refractivity contribution >= 4 is 17.5 Å². The highest BCUT2D eigenvalue weighted by atomic mass is 16.2. The molecule has 2 amide bonds. The molecule has 0 heterocycles. The van der Waals surface area contributed by atoms with Crippen LogP contribution in [0.4, 0.5) is 5.69 Å². The molecule has 1 aromatic rings. The summed E-state index contributed by atoms with van der Waals surface area (Å²) in [5, 5.41) is 11.8. The van der Waals surface area contributed by atoms with Gasteiger partial charge >= 0.3 is 0 Å². The van der Waals surface area contributed by atoms with Gasteiger partial charge in [0.25, 0.3) is 0 Å². The van der Waals surface area contributed by atoms with Gasteiger partial charge in [0.05, 0.1) is 25.6 Å². The van der Waals surface area contributed by atoms with Crippen molar-refractivity contribution in [1.82, 2.24) is 10.2 Å². The van der Waals surface area contributed by atoms with E-state index in [1.165, 1.54) is 0 Å². The first-order valence-electron chi connectivity index (χ1n) is 9.04. The third-order valence-corrected chi connectivity index (χ3v) is 3.89. The summed E-state index contributed by atoms with van der Waals surface area (Å²) in [7, 11) is 0. The van der Waals surface area contributed by atoms with Crippen molar-refractivity contribution in [3.63, 3.8) is 0 Å². The van der Waals surface area contributed by atoms with E-state index in [9.17, 15) is 9.59 Å². The Bertz CT molecular complexity index is 644. The fourth-order valence-electron chi connectivity index (χ4n) is 2.79. The second-order valence-corrected chi connectivity index (χ2v) is 6.82. The Kier molecular flexibility index (Phi) is 8.80. The quantitative estimate of drug-likeness (QED) is 0.735. The molecule has 1 N–H and O–H groups in total. The SMILES string of the molecule is CCN(CC(=O)NC(C)C)CC(=O)N(CCC#N)c1cc(C)cc(C)c1. The van der Waals surface area contributed by atoms with Crippen molar-refractivity contribution < 1.29 is 9.59 Å². The van der Waals surface area contributed by atoms with E-state index in [0.717, 1.165) is 16.8 Å². The molecule has 142 valence electrons. The molecule has 0 fully saturated rings. The zero-order chi connectivity index (χ0) is 19.7. The summed E-state index contributed by atoms with van der Waals surface area (Å²) in [6.07, 6.45) is 0.263. The molecule has 0 aliphatic carbocycles. The number of nitrogens with zero attached hydrogens (tertiary/aromatic N) is 3. The molecule has 6 heteroatoms. The molecule has 0 unspecified atom stereocenters. The largest absolute Gasteiger partial charge is 0.353 e. The Morgan fingerprint density at radius 3 is 2.27 bits per heavy atom. The average Bonchev–Trinajstić information content (AvgIpc) is 2.52. The lowest BCUT2D eigenvalue weighted by Gasteiger charge is -2.27. The van der Waals surface area contributed by atoms with Crippen LogP contribution < -0.4 is 10.2 Å². The highest BCUT2D eigenvalue weighted by Gasteiger charge is 2.20. The van der Waals surface area contributed by atoms with Gasteiger partial charge in [0.15, 0.2) is 0 Å². The fourth-order valence-corrected chi connectivity index (χ4v) is 2.79. The standard InChI is InChI=1S/C20H30N4O2/c1-6-23(13-19(25)22-15(2)3)14-20(26)24(9-7-8-21)18-11-16(4)10-17(5)12-18/h10-12,15H,6-7,9,13-14H2,1-5H3,(H,22,25). The summed E-state index contributed by atoms with van der Waals surface area (Å²) >= 11 is 0. The van der Waals surface area contributed by atoms with Gasteiger partial charge in [-0.25, -0.2) is 0 Å². The summed E-state index contributed by atoms with van der Waals surface area (Å²) in [5.41, 5.74) is 2.93. The van der Waals surface area contributed by atoms with E-state index in [2.05, 4.69) is 11.4 Å². The highest BCUT2D eigenvalue weighted by Crippen LogP contribution is 2.19. The monoisotopic (exact) mass is 358 g/mol. The van der Waals surface area contributed by atoms with Gasteiger partial charge in [0.1, 0.15) is 0 Å². The van der Waals surface area contributed by atoms with Crippen LogP contribution >= 0.6 is 0 Å². The van der Waals surface area contributed by atoms with Gasteiger partial charge in [0.2, 0.25) is 11.8 Å². The number of nitriles is 1. The number of anilines is 1. The van der Waals surface area contributed by atoms with Crippen molar-refractivity contribution in [3.8, 4) is 6.07 Å². The zero-order valence-electron chi connectivity index (χ0n) is 16.5. The van der Waals surface area contributed by atoms with Crippen LogP contribution in [-0.2, 0) is 9.59 Å². The van der Waals surface area contributed by atoms with Crippen LogP contribution in [-0.4, -0.2) is 48.9 Å². The van der Waals surface area contributed by atoms with E-state index >= 15 is 0 Å². The lowest BCUT2D eigenvalue weighted by molar-refractivity contribution is -0.124. The molecular weight excluding hydrogens is 328 g/mol. The number of aryl methyl sites for hydroxylation is 2. The van der Waals surface area contributed by atoms with Gasteiger partial charge in [-0.15, -0.1) is 0 Å². The van der Waals surface area contributed by atoms with Gasteiger partial charge in [-0.05, 0) is 57.5 Å². The molecule has 0 aliphatic heterocycles. The first kappa shape index (κ1) is 21.7. The molecule has 0 atom stereocenters. The maximum Gasteiger partial charge on any atom is 0.241 e. The van der Waals surface area contributed by atoms with Crippen LogP contribution in [0.5, 0.6) is 0 Å². The van der Waals surface area contributed by atoms with Crippen LogP contribution in [0, 0.1) is 25.2 Å². The van der Waals surface area contributed by atoms with Crippen molar-refractivity contribution in [2.75, 3.05) is 31.1 Å². The Hall–Kier alpha value is -2.39. The maximum atomic E-state index is 12.9. The minimum Gasteiger partial charge on any atom is -0.353 e. The third kappa shape index (κ3) is 7.24. The molecule has 0 bridgehead atoms. The average molecular weight is 358 g/mol. The molecule has 0 aliphatic rings. The van der Waals surface area contributed by atoms with E-state index in [0.29, 0.717) is 13.1 Å². The van der Waals surface area contributed by atoms with Gasteiger partial charge < -0.3 is 10.2 Å². The summed E-state index contributed by atoms with van der Waals surface area (Å²) in [5.74, 6) is -0.200. The molecule has 0 aromatic heterocycles. The number of likely N-dealkylation sites (N-methyl/N-ethyl adjacent to an activating group) is 1. The Morgan fingerprint density at radius 2 is 1.77 bits per heavy atom. The number of carbonyl (C=O) groups is 2. The minimum atomic E-state index is -0.107. The topological polar surface area (TPSA) is 76.4 Å². The summed E-state index contributed by atoms with van der Waals surface area (Å²) in [6.45, 7) is 11.0. The van der Waals surface area contributed by atoms with Crippen molar-refractivity contribution in [1.29, 1.82) is 5.26 Å². The van der Waals surface area contributed by atoms with E-state index in [4.69, 9.17) is 5.26 Å². The minimum absolute atomic E-state index is 0.0688. The number of nitrogens with one attached hydrogen (secondary N) is 1. The smallest absolute Gasteiger partial charge is 0.241 e. The molecule has 1 rings (SSSR count). The maximum absolute atomic E-state index is 12.9. The predicted octanol–water partition coefficient (Wildman–Crippen LogP) is 2.40. The number of hydrogen-bond acceptors (Lipinski definition) is 4. The lowest BCUT2D eigenvalue weighted by Crippen LogP contribution is -2.45. The van der Waals surface area contributed by atoms with Crippen molar-refractivity contribution in [2.24, 2.45) is 0 Å². The van der Waals surface area contributed by atoms with Crippen LogP contribution in [0.3, 0.4) is 0 Å². The molecular formula is C20H30N4O2. The molecule has 0 radical (unpaired) electrons. The van der Waals surface area contributed by atoms with Gasteiger partial charge in [-0.3, -0.25) is 14.5 Å². The summed E-state index contributed by atoms with van der Waals surface area (Å²) in [6, 6.07) is 8.11. The Morgan fingerprint density at radius 1 is 1.15 bits per heavy atom. The second kappa shape index (κ2) is 10.6. The number of rotatable bonds is 9. The van der Waals surface area contributed by atoms with Crippen LogP contribution in [0.1, 0.15) is 38.3 Å². The number of amides is 2. The van der Waals surface area contributed by atoms with E-state index in [1.807, 2.05) is 57.7 Å². The fraction of sp³-hybridized carbons (Fsp3) is 0.550. The van der Waals surface area contributed by atoms with Crippen molar-refractivity contribution in [2.45, 2.75) is 47.1 Å². The van der Waals surface area contributed by atoms with Gasteiger partial charge in [-0.2, -0.15) is 5.26 Å². The Labute approximate surface area is 156 Å². The first-order chi connectivity index (χ1) is 12.3. The van der Waals surface area contributed by atoms with Crippen LogP contribution in [0.15, 0.2) is 18.2 Å². The summed E-state index contributed by atoms with van der Waals surface area (Å²) in [4.78, 5) is 28.3. The molecule has 1 aromatic carbocycles. The van der Waals surface area contributed by atoms with E-state index in [-0.39, 0.29) is 37.4 Å². The number of carbonyl (C=O) groups excluding carboxylic acids is 2. The van der Waals surface area contributed by atoms with E-state index < -0.39 is 0 Å². The molecule has 6 nitrogen and oxygen atoms in total. The van der Waals surface area contributed by atoms with E-state index in [1.54, 1.807) is 4.90 Å². The molecule has 26 heavy (non-hydrogen) atoms. The number of benzene rings is 1. The number of hydrogen-bond donors (Lipinski definition) is 1. The van der Waals surface area contributed by atoms with Crippen molar-refractivity contribution in [3.05, 3.63) is 29.3 Å². The lowest BCUT2D eigenvalue weighted by atomic mass is 10.1. The van der Waals surface area contributed by atoms with Gasteiger partial charge in [-0.1, -0.05) is 13.0 Å².